The van der Waals surface area contributed by atoms with Crippen LogP contribution in [0.5, 0.6) is 0 Å². The van der Waals surface area contributed by atoms with Gasteiger partial charge in [0.25, 0.3) is 0 Å². The van der Waals surface area contributed by atoms with E-state index in [1.165, 1.54) is 25.7 Å². The Morgan fingerprint density at radius 3 is 2.92 bits per heavy atom. The fourth-order valence-electron chi connectivity index (χ4n) is 2.09. The molecule has 1 aliphatic carbocycles. The van der Waals surface area contributed by atoms with Gasteiger partial charge in [-0.3, -0.25) is 4.99 Å². The van der Waals surface area contributed by atoms with Gasteiger partial charge < -0.3 is 0 Å². The Balaban J connectivity index is 2.03. The minimum absolute atomic E-state index is 0.961. The van der Waals surface area contributed by atoms with Crippen molar-refractivity contribution >= 4 is 6.72 Å². The molecule has 0 aliphatic heterocycles. The maximum absolute atomic E-state index is 3.62. The van der Waals surface area contributed by atoms with Crippen LogP contribution >= 0.6 is 0 Å². The predicted molar refractivity (Wildman–Crippen MR) is 53.2 cm³/mol. The van der Waals surface area contributed by atoms with E-state index in [2.05, 4.69) is 25.6 Å². The van der Waals surface area contributed by atoms with Crippen LogP contribution in [-0.2, 0) is 0 Å². The first-order valence-corrected chi connectivity index (χ1v) is 5.29. The summed E-state index contributed by atoms with van der Waals surface area (Å²) in [5.41, 5.74) is 0. The van der Waals surface area contributed by atoms with E-state index >= 15 is 0 Å². The van der Waals surface area contributed by atoms with Crippen molar-refractivity contribution in [1.29, 1.82) is 0 Å². The summed E-state index contributed by atoms with van der Waals surface area (Å²) >= 11 is 0. The van der Waals surface area contributed by atoms with Gasteiger partial charge in [-0.15, -0.1) is 0 Å². The largest absolute Gasteiger partial charge is 0.254 e. The molecule has 70 valence electrons. The Kier molecular flexibility index (Phi) is 3.77. The van der Waals surface area contributed by atoms with E-state index < -0.39 is 0 Å². The standard InChI is InChI=1S/C11H21N/c1-4-9(2)11-8-10(11)6-5-7-12-3/h9-11H,3-8H2,1-2H3/p+1. The summed E-state index contributed by atoms with van der Waals surface area (Å²) in [5, 5.41) is 0. The molecule has 3 atom stereocenters. The van der Waals surface area contributed by atoms with Crippen molar-refractivity contribution in [3.8, 4) is 0 Å². The third kappa shape index (κ3) is 2.62. The summed E-state index contributed by atoms with van der Waals surface area (Å²) in [6.45, 7) is 9.41. The molecule has 1 rings (SSSR count). The first-order chi connectivity index (χ1) is 5.79. The molecule has 1 nitrogen and oxygen atoms in total. The van der Waals surface area contributed by atoms with E-state index in [-0.39, 0.29) is 0 Å². The van der Waals surface area contributed by atoms with Crippen LogP contribution in [-0.4, -0.2) is 13.3 Å². The molecule has 3 unspecified atom stereocenters. The maximum Gasteiger partial charge on any atom is 0.140 e. The molecule has 1 N–H and O–H groups in total. The lowest BCUT2D eigenvalue weighted by molar-refractivity contribution is -0.447. The molecule has 0 bridgehead atoms. The second-order valence-corrected chi connectivity index (χ2v) is 4.19. The van der Waals surface area contributed by atoms with Crippen LogP contribution in [0, 0.1) is 17.8 Å². The number of rotatable bonds is 6. The van der Waals surface area contributed by atoms with E-state index in [1.54, 1.807) is 0 Å². The van der Waals surface area contributed by atoms with Crippen molar-refractivity contribution in [3.63, 3.8) is 0 Å². The highest BCUT2D eigenvalue weighted by atomic mass is 14.7. The Labute approximate surface area is 76.3 Å². The molecular formula is C11H22N+. The normalized spacial score (nSPS) is 29.8. The second kappa shape index (κ2) is 4.64. The molecule has 0 aromatic rings. The molecule has 1 saturated carbocycles. The number of hydrogen-bond donors (Lipinski definition) is 1. The monoisotopic (exact) mass is 168 g/mol. The summed E-state index contributed by atoms with van der Waals surface area (Å²) in [7, 11) is 0. The fraction of sp³-hybridized carbons (Fsp3) is 0.909. The minimum Gasteiger partial charge on any atom is -0.254 e. The average molecular weight is 168 g/mol. The smallest absolute Gasteiger partial charge is 0.140 e. The summed E-state index contributed by atoms with van der Waals surface area (Å²) < 4.78 is 0. The molecule has 0 radical (unpaired) electrons. The van der Waals surface area contributed by atoms with Crippen LogP contribution < -0.4 is 4.99 Å². The highest BCUT2D eigenvalue weighted by molar-refractivity contribution is 5.12. The quantitative estimate of drug-likeness (QED) is 0.453. The number of nitrogens with one attached hydrogen (secondary N) is 1. The van der Waals surface area contributed by atoms with Gasteiger partial charge in [-0.1, -0.05) is 20.3 Å². The van der Waals surface area contributed by atoms with Crippen molar-refractivity contribution < 1.29 is 4.99 Å². The van der Waals surface area contributed by atoms with Gasteiger partial charge in [-0.2, -0.15) is 0 Å². The molecule has 1 heteroatoms. The van der Waals surface area contributed by atoms with Crippen molar-refractivity contribution in [2.75, 3.05) is 6.54 Å². The molecule has 0 aromatic carbocycles. The van der Waals surface area contributed by atoms with Crippen molar-refractivity contribution in [2.24, 2.45) is 17.8 Å². The lowest BCUT2D eigenvalue weighted by atomic mass is 10.0. The van der Waals surface area contributed by atoms with Gasteiger partial charge in [0.2, 0.25) is 0 Å². The predicted octanol–water partition coefficient (Wildman–Crippen LogP) is 1.23. The zero-order chi connectivity index (χ0) is 8.97. The SMILES string of the molecule is C=[NH+]CCCC1CC1C(C)CC. The van der Waals surface area contributed by atoms with Crippen molar-refractivity contribution in [1.82, 2.24) is 0 Å². The van der Waals surface area contributed by atoms with Gasteiger partial charge in [-0.05, 0) is 30.6 Å². The molecule has 1 aliphatic rings. The van der Waals surface area contributed by atoms with Crippen LogP contribution in [0.1, 0.15) is 39.5 Å². The van der Waals surface area contributed by atoms with E-state index in [4.69, 9.17) is 0 Å². The van der Waals surface area contributed by atoms with Gasteiger partial charge in [0.05, 0.1) is 0 Å². The van der Waals surface area contributed by atoms with Crippen molar-refractivity contribution in [2.45, 2.75) is 39.5 Å². The molecule has 1 fully saturated rings. The Morgan fingerprint density at radius 1 is 1.58 bits per heavy atom. The van der Waals surface area contributed by atoms with Crippen LogP contribution in [0.15, 0.2) is 0 Å². The molecule has 12 heavy (non-hydrogen) atoms. The van der Waals surface area contributed by atoms with E-state index in [0.29, 0.717) is 0 Å². The maximum atomic E-state index is 3.62. The highest BCUT2D eigenvalue weighted by Gasteiger charge is 2.39. The lowest BCUT2D eigenvalue weighted by Crippen LogP contribution is -2.65. The van der Waals surface area contributed by atoms with E-state index in [1.807, 2.05) is 0 Å². The zero-order valence-electron chi connectivity index (χ0n) is 8.47. The fourth-order valence-corrected chi connectivity index (χ4v) is 2.09. The van der Waals surface area contributed by atoms with Crippen LogP contribution in [0.3, 0.4) is 0 Å². The molecule has 0 spiro atoms. The third-order valence-corrected chi connectivity index (χ3v) is 3.28. The average Bonchev–Trinajstić information content (AvgIpc) is 2.83. The second-order valence-electron chi connectivity index (χ2n) is 4.19. The molecular weight excluding hydrogens is 146 g/mol. The summed E-state index contributed by atoms with van der Waals surface area (Å²) in [6.07, 6.45) is 5.57. The summed E-state index contributed by atoms with van der Waals surface area (Å²) in [4.78, 5) is 2.96. The van der Waals surface area contributed by atoms with E-state index in [9.17, 15) is 0 Å². The molecule has 0 heterocycles. The Bertz CT molecular complexity index is 142. The molecule has 0 aromatic heterocycles. The minimum atomic E-state index is 0.961. The van der Waals surface area contributed by atoms with Gasteiger partial charge in [0.1, 0.15) is 13.3 Å². The first-order valence-electron chi connectivity index (χ1n) is 5.29. The van der Waals surface area contributed by atoms with Gasteiger partial charge in [0.15, 0.2) is 0 Å². The van der Waals surface area contributed by atoms with Gasteiger partial charge in [0, 0.05) is 6.42 Å². The molecule has 0 amide bonds. The Hall–Kier alpha value is -0.330. The van der Waals surface area contributed by atoms with Crippen LogP contribution in [0.25, 0.3) is 0 Å². The topological polar surface area (TPSA) is 14.0 Å². The first kappa shape index (κ1) is 9.76. The Morgan fingerprint density at radius 2 is 2.33 bits per heavy atom. The lowest BCUT2D eigenvalue weighted by Gasteiger charge is -2.05. The van der Waals surface area contributed by atoms with Crippen LogP contribution in [0.4, 0.5) is 0 Å². The summed E-state index contributed by atoms with van der Waals surface area (Å²) in [6, 6.07) is 0. The van der Waals surface area contributed by atoms with Gasteiger partial charge in [-0.25, -0.2) is 0 Å². The van der Waals surface area contributed by atoms with Crippen LogP contribution in [0.2, 0.25) is 0 Å². The van der Waals surface area contributed by atoms with Gasteiger partial charge >= 0.3 is 0 Å². The third-order valence-electron chi connectivity index (χ3n) is 3.28. The molecule has 0 saturated heterocycles. The highest BCUT2D eigenvalue weighted by Crippen LogP contribution is 2.47. The number of hydrogen-bond acceptors (Lipinski definition) is 0. The van der Waals surface area contributed by atoms with E-state index in [0.717, 1.165) is 24.3 Å². The zero-order valence-corrected chi connectivity index (χ0v) is 8.47. The summed E-state index contributed by atoms with van der Waals surface area (Å²) in [5.74, 6) is 3.07. The van der Waals surface area contributed by atoms with Crippen molar-refractivity contribution in [3.05, 3.63) is 0 Å².